The second-order valence-electron chi connectivity index (χ2n) is 2.46. The molecule has 1 aromatic rings. The SMILES string of the molecule is O=[N+]([O-])c1cc(B(O)O)c(F)cc1Cl. The molecule has 0 saturated carbocycles. The summed E-state index contributed by atoms with van der Waals surface area (Å²) < 4.78 is 12.9. The molecule has 0 spiro atoms. The number of hydrogen-bond donors (Lipinski definition) is 2. The van der Waals surface area contributed by atoms with Crippen LogP contribution in [-0.4, -0.2) is 22.1 Å². The Morgan fingerprint density at radius 3 is 2.50 bits per heavy atom. The summed E-state index contributed by atoms with van der Waals surface area (Å²) >= 11 is 5.36. The fourth-order valence-corrected chi connectivity index (χ4v) is 1.11. The van der Waals surface area contributed by atoms with Crippen molar-refractivity contribution in [2.24, 2.45) is 0 Å². The monoisotopic (exact) mass is 219 g/mol. The van der Waals surface area contributed by atoms with Gasteiger partial charge in [-0.1, -0.05) is 11.6 Å². The molecule has 0 heterocycles. The first kappa shape index (κ1) is 10.9. The van der Waals surface area contributed by atoms with Crippen molar-refractivity contribution >= 4 is 29.9 Å². The molecule has 8 heteroatoms. The molecule has 0 atom stereocenters. The molecule has 0 unspecified atom stereocenters. The van der Waals surface area contributed by atoms with Crippen LogP contribution in [0.1, 0.15) is 0 Å². The minimum atomic E-state index is -2.11. The molecule has 14 heavy (non-hydrogen) atoms. The molecule has 74 valence electrons. The summed E-state index contributed by atoms with van der Waals surface area (Å²) in [6.45, 7) is 0. The van der Waals surface area contributed by atoms with Gasteiger partial charge in [-0.25, -0.2) is 4.39 Å². The van der Waals surface area contributed by atoms with Crippen LogP contribution in [0.3, 0.4) is 0 Å². The van der Waals surface area contributed by atoms with E-state index >= 15 is 0 Å². The number of nitro benzene ring substituents is 1. The van der Waals surface area contributed by atoms with Gasteiger partial charge in [0.2, 0.25) is 0 Å². The summed E-state index contributed by atoms with van der Waals surface area (Å²) in [6, 6.07) is 1.34. The predicted octanol–water partition coefficient (Wildman–Crippen LogP) is 0.0671. The van der Waals surface area contributed by atoms with E-state index in [-0.39, 0.29) is 0 Å². The van der Waals surface area contributed by atoms with Crippen molar-refractivity contribution in [3.63, 3.8) is 0 Å². The summed E-state index contributed by atoms with van der Waals surface area (Å²) in [5.74, 6) is -1.00. The Morgan fingerprint density at radius 1 is 1.50 bits per heavy atom. The molecule has 0 amide bonds. The first-order chi connectivity index (χ1) is 6.43. The maximum absolute atomic E-state index is 12.9. The highest BCUT2D eigenvalue weighted by Crippen LogP contribution is 2.23. The molecule has 0 bridgehead atoms. The van der Waals surface area contributed by atoms with Gasteiger partial charge in [0.25, 0.3) is 5.69 Å². The first-order valence-corrected chi connectivity index (χ1v) is 3.80. The van der Waals surface area contributed by atoms with Crippen LogP contribution in [0, 0.1) is 15.9 Å². The maximum Gasteiger partial charge on any atom is 0.491 e. The van der Waals surface area contributed by atoms with E-state index in [9.17, 15) is 14.5 Å². The van der Waals surface area contributed by atoms with E-state index in [0.29, 0.717) is 12.1 Å². The van der Waals surface area contributed by atoms with Crippen molar-refractivity contribution in [3.05, 3.63) is 33.1 Å². The Hall–Kier alpha value is -1.18. The van der Waals surface area contributed by atoms with E-state index in [1.807, 2.05) is 0 Å². The van der Waals surface area contributed by atoms with Gasteiger partial charge in [-0.05, 0) is 6.07 Å². The number of nitrogens with zero attached hydrogens (tertiary/aromatic N) is 1. The zero-order valence-electron chi connectivity index (χ0n) is 6.65. The van der Waals surface area contributed by atoms with Crippen molar-refractivity contribution in [1.29, 1.82) is 0 Å². The lowest BCUT2D eigenvalue weighted by Gasteiger charge is -2.02. The zero-order chi connectivity index (χ0) is 10.9. The minimum absolute atomic E-state index is 0.392. The lowest BCUT2D eigenvalue weighted by molar-refractivity contribution is -0.384. The van der Waals surface area contributed by atoms with Gasteiger partial charge in [-0.15, -0.1) is 0 Å². The van der Waals surface area contributed by atoms with E-state index in [2.05, 4.69) is 0 Å². The number of benzene rings is 1. The third kappa shape index (κ3) is 2.01. The second kappa shape index (κ2) is 3.91. The number of rotatable bonds is 2. The summed E-state index contributed by atoms with van der Waals surface area (Å²) in [4.78, 5) is 9.50. The van der Waals surface area contributed by atoms with Crippen LogP contribution < -0.4 is 5.46 Å². The van der Waals surface area contributed by atoms with Gasteiger partial charge in [-0.3, -0.25) is 10.1 Å². The molecular formula is C6H4BClFNO4. The summed E-state index contributed by atoms with van der Waals surface area (Å²) in [6.07, 6.45) is 0. The standard InChI is InChI=1S/C6H4BClFNO4/c8-4-2-5(9)3(7(11)12)1-6(4)10(13)14/h1-2,11-12H. The third-order valence-corrected chi connectivity index (χ3v) is 1.84. The molecule has 5 nitrogen and oxygen atoms in total. The smallest absolute Gasteiger partial charge is 0.423 e. The Bertz CT molecular complexity index is 386. The molecule has 0 radical (unpaired) electrons. The van der Waals surface area contributed by atoms with E-state index in [1.165, 1.54) is 0 Å². The summed E-state index contributed by atoms with van der Waals surface area (Å²) in [5.41, 5.74) is -1.16. The van der Waals surface area contributed by atoms with Gasteiger partial charge in [0, 0.05) is 11.5 Å². The number of halogens is 2. The quantitative estimate of drug-likeness (QED) is 0.419. The van der Waals surface area contributed by atoms with Gasteiger partial charge in [0.05, 0.1) is 4.92 Å². The average molecular weight is 219 g/mol. The zero-order valence-corrected chi connectivity index (χ0v) is 7.40. The third-order valence-electron chi connectivity index (χ3n) is 1.54. The van der Waals surface area contributed by atoms with Crippen LogP contribution in [0.15, 0.2) is 12.1 Å². The van der Waals surface area contributed by atoms with Gasteiger partial charge in [-0.2, -0.15) is 0 Å². The molecule has 1 aromatic carbocycles. The average Bonchev–Trinajstić information content (AvgIpc) is 2.02. The maximum atomic E-state index is 12.9. The molecule has 0 fully saturated rings. The molecule has 0 aliphatic rings. The van der Waals surface area contributed by atoms with Crippen molar-refractivity contribution in [3.8, 4) is 0 Å². The normalized spacial score (nSPS) is 10.0. The van der Waals surface area contributed by atoms with Gasteiger partial charge in [0.1, 0.15) is 10.8 Å². The Labute approximate surface area is 83.0 Å². The van der Waals surface area contributed by atoms with Crippen LogP contribution in [0.2, 0.25) is 5.02 Å². The molecule has 0 aromatic heterocycles. The van der Waals surface area contributed by atoms with Crippen molar-refractivity contribution in [2.45, 2.75) is 0 Å². The minimum Gasteiger partial charge on any atom is -0.423 e. The van der Waals surface area contributed by atoms with Gasteiger partial charge >= 0.3 is 7.12 Å². The molecule has 2 N–H and O–H groups in total. The van der Waals surface area contributed by atoms with Crippen molar-refractivity contribution < 1.29 is 19.4 Å². The van der Waals surface area contributed by atoms with Crippen molar-refractivity contribution in [2.75, 3.05) is 0 Å². The van der Waals surface area contributed by atoms with Gasteiger partial charge in [0.15, 0.2) is 0 Å². The topological polar surface area (TPSA) is 83.6 Å². The highest BCUT2D eigenvalue weighted by atomic mass is 35.5. The predicted molar refractivity (Wildman–Crippen MR) is 47.9 cm³/mol. The van der Waals surface area contributed by atoms with Crippen LogP contribution in [-0.2, 0) is 0 Å². The fraction of sp³-hybridized carbons (Fsp3) is 0. The van der Waals surface area contributed by atoms with E-state index in [1.54, 1.807) is 0 Å². The molecular weight excluding hydrogens is 215 g/mol. The molecule has 0 aliphatic carbocycles. The molecule has 0 saturated heterocycles. The molecule has 0 aliphatic heterocycles. The Balaban J connectivity index is 3.34. The van der Waals surface area contributed by atoms with Crippen LogP contribution >= 0.6 is 11.6 Å². The highest BCUT2D eigenvalue weighted by Gasteiger charge is 2.23. The van der Waals surface area contributed by atoms with Crippen molar-refractivity contribution in [1.82, 2.24) is 0 Å². The highest BCUT2D eigenvalue weighted by molar-refractivity contribution is 6.59. The Kier molecular flexibility index (Phi) is 3.05. The van der Waals surface area contributed by atoms with E-state index in [4.69, 9.17) is 21.6 Å². The Morgan fingerprint density at radius 2 is 2.07 bits per heavy atom. The van der Waals surface area contributed by atoms with E-state index in [0.717, 1.165) is 0 Å². The van der Waals surface area contributed by atoms with Crippen LogP contribution in [0.4, 0.5) is 10.1 Å². The summed E-state index contributed by atoms with van der Waals surface area (Å²) in [7, 11) is -2.11. The molecule has 1 rings (SSSR count). The van der Waals surface area contributed by atoms with Gasteiger partial charge < -0.3 is 10.0 Å². The first-order valence-electron chi connectivity index (χ1n) is 3.43. The van der Waals surface area contributed by atoms with Crippen LogP contribution in [0.5, 0.6) is 0 Å². The van der Waals surface area contributed by atoms with Crippen LogP contribution in [0.25, 0.3) is 0 Å². The lowest BCUT2D eigenvalue weighted by Crippen LogP contribution is -2.32. The fourth-order valence-electron chi connectivity index (χ4n) is 0.891. The second-order valence-corrected chi connectivity index (χ2v) is 2.86. The van der Waals surface area contributed by atoms with E-state index < -0.39 is 34.0 Å². The summed E-state index contributed by atoms with van der Waals surface area (Å²) in [5, 5.41) is 27.3. The number of hydrogen-bond acceptors (Lipinski definition) is 4. The lowest BCUT2D eigenvalue weighted by atomic mass is 9.79. The number of nitro groups is 1. The largest absolute Gasteiger partial charge is 0.491 e.